The Morgan fingerprint density at radius 3 is 2.71 bits per heavy atom. The van der Waals surface area contributed by atoms with Crippen LogP contribution in [0.25, 0.3) is 0 Å². The molecule has 0 aliphatic rings. The van der Waals surface area contributed by atoms with E-state index in [0.717, 1.165) is 10.7 Å². The van der Waals surface area contributed by atoms with Crippen LogP contribution in [0.4, 0.5) is 0 Å². The summed E-state index contributed by atoms with van der Waals surface area (Å²) < 4.78 is 0. The van der Waals surface area contributed by atoms with Gasteiger partial charge in [0.15, 0.2) is 0 Å². The van der Waals surface area contributed by atoms with Crippen molar-refractivity contribution in [1.29, 1.82) is 0 Å². The lowest BCUT2D eigenvalue weighted by atomic mass is 10.6. The third kappa shape index (κ3) is 0.771. The summed E-state index contributed by atoms with van der Waals surface area (Å²) in [6, 6.07) is 0. The molecule has 0 unspecified atom stereocenters. The van der Waals surface area contributed by atoms with Crippen LogP contribution in [0.5, 0.6) is 0 Å². The maximum atomic E-state index is 4.03. The molecule has 0 radical (unpaired) electrons. The molecule has 0 fully saturated rings. The highest BCUT2D eigenvalue weighted by molar-refractivity contribution is 7.80. The molecule has 1 aromatic rings. The van der Waals surface area contributed by atoms with Crippen molar-refractivity contribution in [3.8, 4) is 0 Å². The fourth-order valence-electron chi connectivity index (χ4n) is 0.356. The number of aromatic nitrogens is 2. The van der Waals surface area contributed by atoms with Crippen LogP contribution < -0.4 is 0 Å². The van der Waals surface area contributed by atoms with E-state index in [1.807, 2.05) is 6.92 Å². The molecular weight excluding hydrogens is 108 g/mol. The Hall–Kier alpha value is -0.440. The third-order valence-corrected chi connectivity index (χ3v) is 1.25. The minimum Gasteiger partial charge on any atom is -0.340 e. The summed E-state index contributed by atoms with van der Waals surface area (Å²) in [7, 11) is 0. The summed E-state index contributed by atoms with van der Waals surface area (Å²) in [6.07, 6.45) is 1.62. The predicted molar refractivity (Wildman–Crippen MR) is 30.6 cm³/mol. The second-order valence-electron chi connectivity index (χ2n) is 1.34. The lowest BCUT2D eigenvalue weighted by Gasteiger charge is -1.77. The number of rotatable bonds is 0. The molecule has 3 heteroatoms. The predicted octanol–water partition coefficient (Wildman–Crippen LogP) is 1.01. The highest BCUT2D eigenvalue weighted by atomic mass is 32.1. The molecule has 1 N–H and O–H groups in total. The first kappa shape index (κ1) is 4.71. The van der Waals surface area contributed by atoms with Crippen molar-refractivity contribution in [2.75, 3.05) is 0 Å². The van der Waals surface area contributed by atoms with Crippen molar-refractivity contribution in [3.05, 3.63) is 12.0 Å². The van der Waals surface area contributed by atoms with E-state index in [0.29, 0.717) is 0 Å². The van der Waals surface area contributed by atoms with Gasteiger partial charge >= 0.3 is 0 Å². The molecule has 1 rings (SSSR count). The first-order valence-corrected chi connectivity index (χ1v) is 2.44. The zero-order valence-electron chi connectivity index (χ0n) is 3.97. The van der Waals surface area contributed by atoms with E-state index in [-0.39, 0.29) is 0 Å². The Morgan fingerprint density at radius 2 is 2.57 bits per heavy atom. The minimum absolute atomic E-state index is 0.847. The molecule has 0 amide bonds. The van der Waals surface area contributed by atoms with E-state index in [2.05, 4.69) is 22.6 Å². The normalized spacial score (nSPS) is 9.43. The number of aryl methyl sites for hydroxylation is 1. The van der Waals surface area contributed by atoms with Gasteiger partial charge in [0.05, 0.1) is 17.0 Å². The fourth-order valence-corrected chi connectivity index (χ4v) is 0.471. The maximum Gasteiger partial charge on any atom is 0.0931 e. The largest absolute Gasteiger partial charge is 0.340 e. The third-order valence-electron chi connectivity index (χ3n) is 0.802. The smallest absolute Gasteiger partial charge is 0.0931 e. The van der Waals surface area contributed by atoms with E-state index in [4.69, 9.17) is 0 Å². The van der Waals surface area contributed by atoms with Gasteiger partial charge in [-0.05, 0) is 6.92 Å². The summed E-state index contributed by atoms with van der Waals surface area (Å²) in [4.78, 5) is 6.71. The highest BCUT2D eigenvalue weighted by Crippen LogP contribution is 2.02. The Labute approximate surface area is 47.4 Å². The van der Waals surface area contributed by atoms with Crippen LogP contribution in [0.3, 0.4) is 0 Å². The van der Waals surface area contributed by atoms with Gasteiger partial charge in [0, 0.05) is 0 Å². The summed E-state index contributed by atoms with van der Waals surface area (Å²) in [5.74, 6) is 0. The van der Waals surface area contributed by atoms with Crippen molar-refractivity contribution >= 4 is 12.6 Å². The molecule has 0 aliphatic heterocycles. The second kappa shape index (κ2) is 1.58. The minimum atomic E-state index is 0.847. The van der Waals surface area contributed by atoms with Gasteiger partial charge in [-0.25, -0.2) is 4.98 Å². The molecular formula is C4H6N2S. The Balaban J connectivity index is 3.12. The van der Waals surface area contributed by atoms with Gasteiger partial charge in [-0.3, -0.25) is 0 Å². The van der Waals surface area contributed by atoms with Gasteiger partial charge in [0.2, 0.25) is 0 Å². The van der Waals surface area contributed by atoms with Crippen LogP contribution >= 0.6 is 12.6 Å². The quantitative estimate of drug-likeness (QED) is 0.484. The topological polar surface area (TPSA) is 28.7 Å². The molecule has 1 aromatic heterocycles. The standard InChI is InChI=1S/C4H6N2S/c1-3-4(7)6-2-5-3/h2,7H,1H3,(H,5,6). The molecule has 0 atom stereocenters. The van der Waals surface area contributed by atoms with Gasteiger partial charge < -0.3 is 4.98 Å². The molecule has 2 nitrogen and oxygen atoms in total. The van der Waals surface area contributed by atoms with E-state index in [9.17, 15) is 0 Å². The molecule has 1 heterocycles. The number of nitrogens with zero attached hydrogens (tertiary/aromatic N) is 1. The summed E-state index contributed by atoms with van der Waals surface area (Å²) in [5, 5.41) is 0.847. The van der Waals surface area contributed by atoms with Crippen LogP contribution in [0.1, 0.15) is 5.69 Å². The van der Waals surface area contributed by atoms with E-state index < -0.39 is 0 Å². The lowest BCUT2D eigenvalue weighted by molar-refractivity contribution is 1.16. The van der Waals surface area contributed by atoms with Crippen LogP contribution in [0, 0.1) is 6.92 Å². The second-order valence-corrected chi connectivity index (χ2v) is 1.78. The van der Waals surface area contributed by atoms with Gasteiger partial charge in [0.1, 0.15) is 0 Å². The molecule has 0 bridgehead atoms. The molecule has 0 aliphatic carbocycles. The molecule has 38 valence electrons. The highest BCUT2D eigenvalue weighted by Gasteiger charge is 1.88. The first-order chi connectivity index (χ1) is 3.30. The van der Waals surface area contributed by atoms with Gasteiger partial charge in [-0.1, -0.05) is 0 Å². The number of hydrogen-bond acceptors (Lipinski definition) is 2. The van der Waals surface area contributed by atoms with Crippen molar-refractivity contribution in [3.63, 3.8) is 0 Å². The van der Waals surface area contributed by atoms with Crippen molar-refractivity contribution in [1.82, 2.24) is 9.97 Å². The number of H-pyrrole nitrogens is 1. The van der Waals surface area contributed by atoms with E-state index in [1.165, 1.54) is 0 Å². The van der Waals surface area contributed by atoms with Gasteiger partial charge in [-0.15, -0.1) is 12.6 Å². The van der Waals surface area contributed by atoms with E-state index in [1.54, 1.807) is 6.33 Å². The number of nitrogens with one attached hydrogen (secondary N) is 1. The summed E-state index contributed by atoms with van der Waals surface area (Å²) in [5.41, 5.74) is 0.948. The van der Waals surface area contributed by atoms with E-state index >= 15 is 0 Å². The number of thiol groups is 1. The molecule has 7 heavy (non-hydrogen) atoms. The van der Waals surface area contributed by atoms with Gasteiger partial charge in [-0.2, -0.15) is 0 Å². The lowest BCUT2D eigenvalue weighted by Crippen LogP contribution is -1.66. The zero-order chi connectivity index (χ0) is 5.28. The average molecular weight is 114 g/mol. The molecule has 0 spiro atoms. The van der Waals surface area contributed by atoms with Crippen molar-refractivity contribution in [2.24, 2.45) is 0 Å². The Bertz CT molecular complexity index is 142. The first-order valence-electron chi connectivity index (χ1n) is 1.99. The monoisotopic (exact) mass is 114 g/mol. The Morgan fingerprint density at radius 1 is 1.86 bits per heavy atom. The number of hydrogen-bond donors (Lipinski definition) is 2. The molecule has 0 saturated heterocycles. The SMILES string of the molecule is Cc1nc[nH]c1S. The van der Waals surface area contributed by atoms with Crippen LogP contribution in [0.2, 0.25) is 0 Å². The van der Waals surface area contributed by atoms with Gasteiger partial charge in [0.25, 0.3) is 0 Å². The summed E-state index contributed by atoms with van der Waals surface area (Å²) >= 11 is 4.03. The van der Waals surface area contributed by atoms with Crippen molar-refractivity contribution < 1.29 is 0 Å². The van der Waals surface area contributed by atoms with Crippen LogP contribution in [-0.2, 0) is 0 Å². The fraction of sp³-hybridized carbons (Fsp3) is 0.250. The molecule has 0 aromatic carbocycles. The summed E-state index contributed by atoms with van der Waals surface area (Å²) in [6.45, 7) is 1.90. The van der Waals surface area contributed by atoms with Crippen LogP contribution in [0.15, 0.2) is 11.4 Å². The average Bonchev–Trinajstić information content (AvgIpc) is 1.91. The number of imidazole rings is 1. The van der Waals surface area contributed by atoms with Crippen LogP contribution in [-0.4, -0.2) is 9.97 Å². The maximum absolute atomic E-state index is 4.03. The zero-order valence-corrected chi connectivity index (χ0v) is 4.87. The Kier molecular flexibility index (Phi) is 1.06. The molecule has 0 saturated carbocycles. The number of aromatic amines is 1. The van der Waals surface area contributed by atoms with Crippen molar-refractivity contribution in [2.45, 2.75) is 11.9 Å².